The Morgan fingerprint density at radius 2 is 1.86 bits per heavy atom. The van der Waals surface area contributed by atoms with Gasteiger partial charge >= 0.3 is 0 Å². The molecule has 0 atom stereocenters. The lowest BCUT2D eigenvalue weighted by Crippen LogP contribution is -2.35. The van der Waals surface area contributed by atoms with Crippen molar-refractivity contribution >= 4 is 5.91 Å². The fourth-order valence-electron chi connectivity index (χ4n) is 2.04. The Morgan fingerprint density at radius 3 is 2.50 bits per heavy atom. The van der Waals surface area contributed by atoms with Crippen LogP contribution in [0.3, 0.4) is 0 Å². The molecule has 5 heteroatoms. The van der Waals surface area contributed by atoms with Crippen molar-refractivity contribution in [2.75, 3.05) is 33.9 Å². The fourth-order valence-corrected chi connectivity index (χ4v) is 2.04. The number of amides is 1. The number of hydrogen-bond acceptors (Lipinski definition) is 4. The maximum absolute atomic E-state index is 11.7. The summed E-state index contributed by atoms with van der Waals surface area (Å²) in [5, 5.41) is 6.06. The third-order valence-corrected chi connectivity index (χ3v) is 3.37. The lowest BCUT2D eigenvalue weighted by molar-refractivity contribution is -0.120. The Kier molecular flexibility index (Phi) is 8.36. The van der Waals surface area contributed by atoms with Gasteiger partial charge in [-0.15, -0.1) is 0 Å². The molecule has 0 radical (unpaired) electrons. The SMILES string of the molecule is COc1ccc(CCNC(=O)CNCCC(C)C)cc1OC. The number of ether oxygens (including phenoxy) is 2. The summed E-state index contributed by atoms with van der Waals surface area (Å²) in [7, 11) is 3.23. The molecule has 0 unspecified atom stereocenters. The van der Waals surface area contributed by atoms with Gasteiger partial charge in [0, 0.05) is 6.54 Å². The average Bonchev–Trinajstić information content (AvgIpc) is 2.51. The minimum atomic E-state index is 0.0317. The molecule has 22 heavy (non-hydrogen) atoms. The molecule has 0 aliphatic carbocycles. The van der Waals surface area contributed by atoms with Crippen LogP contribution in [0.4, 0.5) is 0 Å². The standard InChI is InChI=1S/C17H28N2O3/c1-13(2)7-9-18-12-17(20)19-10-8-14-5-6-15(21-3)16(11-14)22-4/h5-6,11,13,18H,7-10,12H2,1-4H3,(H,19,20). The summed E-state index contributed by atoms with van der Waals surface area (Å²) < 4.78 is 10.5. The van der Waals surface area contributed by atoms with E-state index in [1.807, 2.05) is 18.2 Å². The first-order valence-electron chi connectivity index (χ1n) is 7.75. The van der Waals surface area contributed by atoms with Crippen molar-refractivity contribution < 1.29 is 14.3 Å². The van der Waals surface area contributed by atoms with E-state index in [0.717, 1.165) is 24.9 Å². The third kappa shape index (κ3) is 6.80. The Balaban J connectivity index is 2.27. The van der Waals surface area contributed by atoms with Gasteiger partial charge in [-0.1, -0.05) is 19.9 Å². The second-order valence-electron chi connectivity index (χ2n) is 5.65. The first-order valence-corrected chi connectivity index (χ1v) is 7.75. The lowest BCUT2D eigenvalue weighted by Gasteiger charge is -2.10. The van der Waals surface area contributed by atoms with E-state index in [2.05, 4.69) is 24.5 Å². The molecule has 0 fully saturated rings. The van der Waals surface area contributed by atoms with E-state index in [4.69, 9.17) is 9.47 Å². The van der Waals surface area contributed by atoms with Crippen molar-refractivity contribution in [1.29, 1.82) is 0 Å². The summed E-state index contributed by atoms with van der Waals surface area (Å²) in [6.45, 7) is 6.20. The molecular weight excluding hydrogens is 280 g/mol. The van der Waals surface area contributed by atoms with Gasteiger partial charge in [-0.05, 0) is 43.0 Å². The number of carbonyl (C=O) groups is 1. The van der Waals surface area contributed by atoms with Crippen LogP contribution >= 0.6 is 0 Å². The molecule has 5 nitrogen and oxygen atoms in total. The Hall–Kier alpha value is -1.75. The number of carbonyl (C=O) groups excluding carboxylic acids is 1. The highest BCUT2D eigenvalue weighted by Crippen LogP contribution is 2.27. The molecule has 1 amide bonds. The highest BCUT2D eigenvalue weighted by molar-refractivity contribution is 5.77. The maximum atomic E-state index is 11.7. The smallest absolute Gasteiger partial charge is 0.233 e. The largest absolute Gasteiger partial charge is 0.493 e. The van der Waals surface area contributed by atoms with Crippen molar-refractivity contribution in [2.24, 2.45) is 5.92 Å². The molecule has 0 aromatic heterocycles. The van der Waals surface area contributed by atoms with E-state index in [1.54, 1.807) is 14.2 Å². The van der Waals surface area contributed by atoms with Crippen LogP contribution in [-0.2, 0) is 11.2 Å². The van der Waals surface area contributed by atoms with Gasteiger partial charge in [0.25, 0.3) is 0 Å². The summed E-state index contributed by atoms with van der Waals surface area (Å²) >= 11 is 0. The molecule has 0 saturated heterocycles. The van der Waals surface area contributed by atoms with Crippen LogP contribution in [0.1, 0.15) is 25.8 Å². The van der Waals surface area contributed by atoms with Crippen LogP contribution in [0, 0.1) is 5.92 Å². The van der Waals surface area contributed by atoms with Gasteiger partial charge < -0.3 is 20.1 Å². The minimum Gasteiger partial charge on any atom is -0.493 e. The zero-order chi connectivity index (χ0) is 16.4. The predicted octanol–water partition coefficient (Wildman–Crippen LogP) is 2.00. The summed E-state index contributed by atoms with van der Waals surface area (Å²) in [5.41, 5.74) is 1.10. The van der Waals surface area contributed by atoms with Crippen molar-refractivity contribution in [3.05, 3.63) is 23.8 Å². The van der Waals surface area contributed by atoms with Crippen molar-refractivity contribution in [3.63, 3.8) is 0 Å². The van der Waals surface area contributed by atoms with Gasteiger partial charge in [-0.3, -0.25) is 4.79 Å². The molecule has 0 aliphatic heterocycles. The number of nitrogens with one attached hydrogen (secondary N) is 2. The van der Waals surface area contributed by atoms with E-state index >= 15 is 0 Å². The predicted molar refractivity (Wildman–Crippen MR) is 88.6 cm³/mol. The number of methoxy groups -OCH3 is 2. The first kappa shape index (κ1) is 18.3. The zero-order valence-corrected chi connectivity index (χ0v) is 14.1. The van der Waals surface area contributed by atoms with E-state index < -0.39 is 0 Å². The van der Waals surface area contributed by atoms with Crippen molar-refractivity contribution in [2.45, 2.75) is 26.7 Å². The van der Waals surface area contributed by atoms with Crippen molar-refractivity contribution in [1.82, 2.24) is 10.6 Å². The summed E-state index contributed by atoms with van der Waals surface area (Å²) in [5.74, 6) is 2.11. The first-order chi connectivity index (χ1) is 10.6. The molecule has 0 saturated carbocycles. The Labute approximate surface area is 133 Å². The summed E-state index contributed by atoms with van der Waals surface area (Å²) in [4.78, 5) is 11.7. The van der Waals surface area contributed by atoms with Crippen LogP contribution in [0.15, 0.2) is 18.2 Å². The van der Waals surface area contributed by atoms with Crippen LogP contribution < -0.4 is 20.1 Å². The molecule has 1 rings (SSSR count). The highest BCUT2D eigenvalue weighted by Gasteiger charge is 2.05. The molecule has 2 N–H and O–H groups in total. The number of benzene rings is 1. The topological polar surface area (TPSA) is 59.6 Å². The average molecular weight is 308 g/mol. The van der Waals surface area contributed by atoms with Crippen LogP contribution in [0.2, 0.25) is 0 Å². The molecule has 0 bridgehead atoms. The molecule has 1 aromatic rings. The van der Waals surface area contributed by atoms with E-state index in [0.29, 0.717) is 30.5 Å². The molecule has 0 aliphatic rings. The maximum Gasteiger partial charge on any atom is 0.233 e. The quantitative estimate of drug-likeness (QED) is 0.649. The Morgan fingerprint density at radius 1 is 1.14 bits per heavy atom. The van der Waals surface area contributed by atoms with Gasteiger partial charge in [0.1, 0.15) is 0 Å². The van der Waals surface area contributed by atoms with Crippen LogP contribution in [0.5, 0.6) is 11.5 Å². The molecule has 124 valence electrons. The van der Waals surface area contributed by atoms with E-state index in [-0.39, 0.29) is 5.91 Å². The monoisotopic (exact) mass is 308 g/mol. The fraction of sp³-hybridized carbons (Fsp3) is 0.588. The van der Waals surface area contributed by atoms with Gasteiger partial charge in [0.05, 0.1) is 20.8 Å². The molecule has 1 aromatic carbocycles. The normalized spacial score (nSPS) is 10.6. The Bertz CT molecular complexity index is 461. The van der Waals surface area contributed by atoms with Gasteiger partial charge in [-0.2, -0.15) is 0 Å². The van der Waals surface area contributed by atoms with Gasteiger partial charge in [0.15, 0.2) is 11.5 Å². The van der Waals surface area contributed by atoms with Gasteiger partial charge in [0.2, 0.25) is 5.91 Å². The molecular formula is C17H28N2O3. The van der Waals surface area contributed by atoms with Gasteiger partial charge in [-0.25, -0.2) is 0 Å². The van der Waals surface area contributed by atoms with Crippen LogP contribution in [-0.4, -0.2) is 39.8 Å². The minimum absolute atomic E-state index is 0.0317. The summed E-state index contributed by atoms with van der Waals surface area (Å²) in [6.07, 6.45) is 1.84. The zero-order valence-electron chi connectivity index (χ0n) is 14.1. The van der Waals surface area contributed by atoms with Crippen molar-refractivity contribution in [3.8, 4) is 11.5 Å². The van der Waals surface area contributed by atoms with Crippen LogP contribution in [0.25, 0.3) is 0 Å². The second kappa shape index (κ2) is 10.1. The van der Waals surface area contributed by atoms with E-state index in [1.165, 1.54) is 0 Å². The summed E-state index contributed by atoms with van der Waals surface area (Å²) in [6, 6.07) is 5.80. The molecule has 0 heterocycles. The van der Waals surface area contributed by atoms with E-state index in [9.17, 15) is 4.79 Å². The lowest BCUT2D eigenvalue weighted by atomic mass is 10.1. The third-order valence-electron chi connectivity index (χ3n) is 3.37. The number of rotatable bonds is 10. The number of hydrogen-bond donors (Lipinski definition) is 2. The highest BCUT2D eigenvalue weighted by atomic mass is 16.5. The molecule has 0 spiro atoms. The second-order valence-corrected chi connectivity index (χ2v) is 5.65.